The smallest absolute Gasteiger partial charge is 0.307 e. The van der Waals surface area contributed by atoms with E-state index in [1.165, 1.54) is 7.11 Å². The molecule has 0 saturated heterocycles. The molecule has 0 heterocycles. The fourth-order valence-corrected chi connectivity index (χ4v) is 0.652. The van der Waals surface area contributed by atoms with Gasteiger partial charge in [0.05, 0.1) is 18.9 Å². The summed E-state index contributed by atoms with van der Waals surface area (Å²) in [6.07, 6.45) is 0.217. The van der Waals surface area contributed by atoms with Crippen LogP contribution >= 0.6 is 15.9 Å². The minimum Gasteiger partial charge on any atom is -0.469 e. The maximum Gasteiger partial charge on any atom is 0.307 e. The summed E-state index contributed by atoms with van der Waals surface area (Å²) in [7, 11) is 1.31. The Bertz CT molecular complexity index is 133. The molecule has 11 heavy (non-hydrogen) atoms. The lowest BCUT2D eigenvalue weighted by atomic mass is 10.4. The molecule has 0 atom stereocenters. The number of esters is 1. The third kappa shape index (κ3) is 5.84. The number of carbonyl (C=O) groups is 2. The first-order valence-corrected chi connectivity index (χ1v) is 4.22. The summed E-state index contributed by atoms with van der Waals surface area (Å²) in [6, 6.07) is 0. The molecule has 0 aromatic carbocycles. The molecule has 0 fully saturated rings. The van der Waals surface area contributed by atoms with Gasteiger partial charge in [-0.25, -0.2) is 0 Å². The van der Waals surface area contributed by atoms with E-state index in [0.717, 1.165) is 0 Å². The van der Waals surface area contributed by atoms with Gasteiger partial charge in [0.1, 0.15) is 0 Å². The number of amides is 1. The Morgan fingerprint density at radius 1 is 1.55 bits per heavy atom. The number of methoxy groups -OCH3 is 1. The van der Waals surface area contributed by atoms with E-state index >= 15 is 0 Å². The van der Waals surface area contributed by atoms with Crippen molar-refractivity contribution in [3.63, 3.8) is 0 Å². The first-order chi connectivity index (χ1) is 5.20. The highest BCUT2D eigenvalue weighted by Gasteiger charge is 2.00. The zero-order chi connectivity index (χ0) is 8.69. The normalized spacial score (nSPS) is 8.91. The first kappa shape index (κ1) is 10.4. The van der Waals surface area contributed by atoms with Crippen molar-refractivity contribution in [2.45, 2.75) is 6.42 Å². The number of alkyl halides is 1. The molecule has 0 aliphatic carbocycles. The van der Waals surface area contributed by atoms with Gasteiger partial charge in [0, 0.05) is 6.54 Å². The van der Waals surface area contributed by atoms with Gasteiger partial charge < -0.3 is 10.1 Å². The second-order valence-electron chi connectivity index (χ2n) is 1.81. The fourth-order valence-electron chi connectivity index (χ4n) is 0.453. The van der Waals surface area contributed by atoms with Crippen LogP contribution in [0.1, 0.15) is 6.42 Å². The summed E-state index contributed by atoms with van der Waals surface area (Å²) in [4.78, 5) is 21.1. The average molecular weight is 224 g/mol. The van der Waals surface area contributed by atoms with Crippen molar-refractivity contribution in [3.8, 4) is 0 Å². The number of hydrogen-bond acceptors (Lipinski definition) is 3. The lowest BCUT2D eigenvalue weighted by Crippen LogP contribution is -2.26. The van der Waals surface area contributed by atoms with Crippen LogP contribution in [-0.4, -0.2) is 30.9 Å². The molecule has 0 aromatic rings. The van der Waals surface area contributed by atoms with Crippen LogP contribution < -0.4 is 5.32 Å². The van der Waals surface area contributed by atoms with Crippen molar-refractivity contribution in [1.29, 1.82) is 0 Å². The van der Waals surface area contributed by atoms with Crippen LogP contribution in [0.2, 0.25) is 0 Å². The van der Waals surface area contributed by atoms with Gasteiger partial charge in [-0.1, -0.05) is 15.9 Å². The molecule has 0 saturated carbocycles. The highest BCUT2D eigenvalue weighted by molar-refractivity contribution is 9.09. The van der Waals surface area contributed by atoms with E-state index in [2.05, 4.69) is 26.0 Å². The Morgan fingerprint density at radius 2 is 2.18 bits per heavy atom. The first-order valence-electron chi connectivity index (χ1n) is 3.10. The van der Waals surface area contributed by atoms with Crippen LogP contribution in [0.15, 0.2) is 0 Å². The van der Waals surface area contributed by atoms with Gasteiger partial charge in [0.2, 0.25) is 5.91 Å². The maximum absolute atomic E-state index is 10.6. The third-order valence-corrected chi connectivity index (χ3v) is 1.51. The van der Waals surface area contributed by atoms with E-state index in [1.807, 2.05) is 0 Å². The SMILES string of the molecule is COC(=O)CCNC(=O)CBr. The van der Waals surface area contributed by atoms with Crippen molar-refractivity contribution in [1.82, 2.24) is 5.32 Å². The molecule has 0 aliphatic rings. The number of rotatable bonds is 4. The van der Waals surface area contributed by atoms with Gasteiger partial charge in [-0.05, 0) is 0 Å². The fraction of sp³-hybridized carbons (Fsp3) is 0.667. The summed E-state index contributed by atoms with van der Waals surface area (Å²) in [6.45, 7) is 0.330. The van der Waals surface area contributed by atoms with Gasteiger partial charge in [0.25, 0.3) is 0 Å². The summed E-state index contributed by atoms with van der Waals surface area (Å²) in [5.74, 6) is -0.450. The van der Waals surface area contributed by atoms with Crippen LogP contribution in [0.5, 0.6) is 0 Å². The Labute approximate surface area is 73.4 Å². The van der Waals surface area contributed by atoms with E-state index in [1.54, 1.807) is 0 Å². The summed E-state index contributed by atoms with van der Waals surface area (Å²) < 4.78 is 4.36. The van der Waals surface area contributed by atoms with Gasteiger partial charge >= 0.3 is 5.97 Å². The molecular formula is C6H10BrNO3. The highest BCUT2D eigenvalue weighted by atomic mass is 79.9. The third-order valence-electron chi connectivity index (χ3n) is 1.00. The van der Waals surface area contributed by atoms with E-state index < -0.39 is 0 Å². The predicted octanol–water partition coefficient (Wildman–Crippen LogP) is 0.0606. The number of halogens is 1. The monoisotopic (exact) mass is 223 g/mol. The van der Waals surface area contributed by atoms with Crippen molar-refractivity contribution >= 4 is 27.8 Å². The Balaban J connectivity index is 3.27. The molecule has 0 spiro atoms. The molecule has 5 heteroatoms. The molecule has 4 nitrogen and oxygen atoms in total. The molecule has 0 aromatic heterocycles. The van der Waals surface area contributed by atoms with Crippen molar-refractivity contribution in [3.05, 3.63) is 0 Å². The van der Waals surface area contributed by atoms with Crippen LogP contribution in [0.25, 0.3) is 0 Å². The van der Waals surface area contributed by atoms with Crippen molar-refractivity contribution in [2.24, 2.45) is 0 Å². The van der Waals surface area contributed by atoms with E-state index in [-0.39, 0.29) is 23.6 Å². The number of nitrogens with one attached hydrogen (secondary N) is 1. The summed E-state index contributed by atoms with van der Waals surface area (Å²) >= 11 is 2.97. The number of hydrogen-bond donors (Lipinski definition) is 1. The summed E-state index contributed by atoms with van der Waals surface area (Å²) in [5.41, 5.74) is 0. The highest BCUT2D eigenvalue weighted by Crippen LogP contribution is 1.83. The van der Waals surface area contributed by atoms with Crippen molar-refractivity contribution in [2.75, 3.05) is 19.0 Å². The molecule has 0 aliphatic heterocycles. The van der Waals surface area contributed by atoms with E-state index in [9.17, 15) is 9.59 Å². The predicted molar refractivity (Wildman–Crippen MR) is 43.4 cm³/mol. The molecule has 0 bridgehead atoms. The van der Waals surface area contributed by atoms with Gasteiger partial charge in [-0.3, -0.25) is 9.59 Å². The molecule has 64 valence electrons. The lowest BCUT2D eigenvalue weighted by molar-refractivity contribution is -0.140. The Hall–Kier alpha value is -0.580. The summed E-state index contributed by atoms with van der Waals surface area (Å²) in [5, 5.41) is 2.77. The topological polar surface area (TPSA) is 55.4 Å². The molecule has 1 amide bonds. The Kier molecular flexibility index (Phi) is 5.83. The standard InChI is InChI=1S/C6H10BrNO3/c1-11-6(10)2-3-8-5(9)4-7/h2-4H2,1H3,(H,8,9). The maximum atomic E-state index is 10.6. The second-order valence-corrected chi connectivity index (χ2v) is 2.37. The zero-order valence-corrected chi connectivity index (χ0v) is 7.81. The van der Waals surface area contributed by atoms with Crippen LogP contribution in [0, 0.1) is 0 Å². The van der Waals surface area contributed by atoms with E-state index in [0.29, 0.717) is 6.54 Å². The lowest BCUT2D eigenvalue weighted by Gasteiger charge is -2.00. The van der Waals surface area contributed by atoms with Crippen molar-refractivity contribution < 1.29 is 14.3 Å². The van der Waals surface area contributed by atoms with Gasteiger partial charge in [-0.15, -0.1) is 0 Å². The van der Waals surface area contributed by atoms with Gasteiger partial charge in [0.15, 0.2) is 0 Å². The largest absolute Gasteiger partial charge is 0.469 e. The molecule has 0 radical (unpaired) electrons. The average Bonchev–Trinajstić information content (AvgIpc) is 2.04. The quantitative estimate of drug-likeness (QED) is 0.542. The zero-order valence-electron chi connectivity index (χ0n) is 6.22. The van der Waals surface area contributed by atoms with Crippen LogP contribution in [0.4, 0.5) is 0 Å². The van der Waals surface area contributed by atoms with E-state index in [4.69, 9.17) is 0 Å². The number of carbonyl (C=O) groups excluding carboxylic acids is 2. The number of ether oxygens (including phenoxy) is 1. The second kappa shape index (κ2) is 6.15. The van der Waals surface area contributed by atoms with Crippen LogP contribution in [0.3, 0.4) is 0 Å². The van der Waals surface area contributed by atoms with Crippen LogP contribution in [-0.2, 0) is 14.3 Å². The Morgan fingerprint density at radius 3 is 2.64 bits per heavy atom. The molecule has 0 rings (SSSR count). The molecular weight excluding hydrogens is 214 g/mol. The minimum atomic E-state index is -0.320. The van der Waals surface area contributed by atoms with Gasteiger partial charge in [-0.2, -0.15) is 0 Å². The molecule has 0 unspecified atom stereocenters. The minimum absolute atomic E-state index is 0.131. The molecule has 1 N–H and O–H groups in total.